The molecule has 0 aliphatic heterocycles. The molecule has 1 heterocycles. The van der Waals surface area contributed by atoms with Crippen molar-refractivity contribution < 1.29 is 0 Å². The van der Waals surface area contributed by atoms with Gasteiger partial charge < -0.3 is 0 Å². The van der Waals surface area contributed by atoms with E-state index in [1.165, 1.54) is 52.3 Å². The Morgan fingerprint density at radius 3 is 2.56 bits per heavy atom. The van der Waals surface area contributed by atoms with E-state index in [2.05, 4.69) is 71.1 Å². The average molecular weight is 327 g/mol. The van der Waals surface area contributed by atoms with Gasteiger partial charge in [-0.1, -0.05) is 51.1 Å². The molecule has 1 aromatic heterocycles. The van der Waals surface area contributed by atoms with Gasteiger partial charge in [0.2, 0.25) is 0 Å². The van der Waals surface area contributed by atoms with Crippen LogP contribution in [0.4, 0.5) is 0 Å². The van der Waals surface area contributed by atoms with Crippen LogP contribution in [0.5, 0.6) is 0 Å². The third kappa shape index (κ3) is 3.35. The molecule has 25 heavy (non-hydrogen) atoms. The first kappa shape index (κ1) is 16.4. The maximum absolute atomic E-state index is 4.90. The monoisotopic (exact) mass is 327 g/mol. The first-order valence-electron chi connectivity index (χ1n) is 9.41. The molecule has 0 saturated carbocycles. The number of aromatic nitrogens is 1. The number of hydrogen-bond donors (Lipinski definition) is 0. The van der Waals surface area contributed by atoms with Crippen molar-refractivity contribution in [3.63, 3.8) is 0 Å². The standard InChI is InChI=1S/C23H26BN/c1-23(2,3)14-15-7-10-20-19(11-15)13-21(24)25-22(20)18-9-8-16-5-4-6-17(16)12-18/h7-13H,4-6,14,24H2,1-3H3. The summed E-state index contributed by atoms with van der Waals surface area (Å²) in [5, 5.41) is 2.57. The largest absolute Gasteiger partial charge is 0.263 e. The smallest absolute Gasteiger partial charge is 0.163 e. The summed E-state index contributed by atoms with van der Waals surface area (Å²) in [5.74, 6) is 0. The van der Waals surface area contributed by atoms with Crippen molar-refractivity contribution in [3.8, 4) is 11.3 Å². The zero-order valence-corrected chi connectivity index (χ0v) is 15.8. The van der Waals surface area contributed by atoms with Crippen molar-refractivity contribution >= 4 is 24.2 Å². The average Bonchev–Trinajstić information content (AvgIpc) is 2.99. The number of rotatable bonds is 2. The highest BCUT2D eigenvalue weighted by Crippen LogP contribution is 2.32. The third-order valence-electron chi connectivity index (χ3n) is 5.13. The summed E-state index contributed by atoms with van der Waals surface area (Å²) in [5.41, 5.74) is 8.23. The highest BCUT2D eigenvalue weighted by molar-refractivity contribution is 6.32. The fourth-order valence-electron chi connectivity index (χ4n) is 4.10. The highest BCUT2D eigenvalue weighted by Gasteiger charge is 2.15. The molecule has 126 valence electrons. The van der Waals surface area contributed by atoms with Gasteiger partial charge in [0.25, 0.3) is 0 Å². The maximum atomic E-state index is 4.90. The first-order chi connectivity index (χ1) is 11.9. The highest BCUT2D eigenvalue weighted by atomic mass is 14.7. The van der Waals surface area contributed by atoms with E-state index in [0.29, 0.717) is 5.41 Å². The van der Waals surface area contributed by atoms with Crippen LogP contribution in [0.3, 0.4) is 0 Å². The van der Waals surface area contributed by atoms with E-state index in [1.807, 2.05) is 0 Å². The van der Waals surface area contributed by atoms with Crippen LogP contribution in [0.1, 0.15) is 43.9 Å². The predicted octanol–water partition coefficient (Wildman–Crippen LogP) is 4.24. The Balaban J connectivity index is 1.84. The van der Waals surface area contributed by atoms with Crippen molar-refractivity contribution in [2.45, 2.75) is 46.5 Å². The molecule has 0 radical (unpaired) electrons. The maximum Gasteiger partial charge on any atom is 0.163 e. The molecule has 4 rings (SSSR count). The second-order valence-electron chi connectivity index (χ2n) is 8.74. The Labute approximate surface area is 151 Å². The molecule has 0 bridgehead atoms. The molecule has 1 nitrogen and oxygen atoms in total. The van der Waals surface area contributed by atoms with Gasteiger partial charge in [-0.25, -0.2) is 0 Å². The summed E-state index contributed by atoms with van der Waals surface area (Å²) in [6, 6.07) is 16.1. The van der Waals surface area contributed by atoms with Crippen molar-refractivity contribution in [3.05, 3.63) is 59.2 Å². The van der Waals surface area contributed by atoms with Crippen LogP contribution in [0.25, 0.3) is 22.0 Å². The Hall–Kier alpha value is -2.09. The zero-order chi connectivity index (χ0) is 17.6. The lowest BCUT2D eigenvalue weighted by Gasteiger charge is -2.19. The second kappa shape index (κ2) is 6.02. The van der Waals surface area contributed by atoms with Crippen molar-refractivity contribution in [2.75, 3.05) is 0 Å². The van der Waals surface area contributed by atoms with Crippen LogP contribution in [0, 0.1) is 5.41 Å². The summed E-state index contributed by atoms with van der Waals surface area (Å²) in [6.45, 7) is 6.89. The normalized spacial score (nSPS) is 14.0. The van der Waals surface area contributed by atoms with E-state index < -0.39 is 0 Å². The molecule has 2 aromatic carbocycles. The number of hydrogen-bond acceptors (Lipinski definition) is 1. The minimum atomic E-state index is 0.304. The van der Waals surface area contributed by atoms with Crippen LogP contribution in [0.2, 0.25) is 0 Å². The molecule has 0 atom stereocenters. The molecule has 1 aliphatic rings. The van der Waals surface area contributed by atoms with Gasteiger partial charge in [-0.05, 0) is 70.9 Å². The van der Waals surface area contributed by atoms with Gasteiger partial charge in [-0.3, -0.25) is 4.98 Å². The molecular formula is C23H26BN. The van der Waals surface area contributed by atoms with Crippen LogP contribution in [0.15, 0.2) is 42.5 Å². The Morgan fingerprint density at radius 1 is 0.960 bits per heavy atom. The van der Waals surface area contributed by atoms with E-state index in [1.54, 1.807) is 0 Å². The zero-order valence-electron chi connectivity index (χ0n) is 15.8. The lowest BCUT2D eigenvalue weighted by Crippen LogP contribution is -2.11. The minimum absolute atomic E-state index is 0.304. The van der Waals surface area contributed by atoms with E-state index in [-0.39, 0.29) is 0 Å². The topological polar surface area (TPSA) is 12.9 Å². The third-order valence-corrected chi connectivity index (χ3v) is 5.13. The lowest BCUT2D eigenvalue weighted by atomic mass is 9.87. The van der Waals surface area contributed by atoms with E-state index >= 15 is 0 Å². The van der Waals surface area contributed by atoms with Gasteiger partial charge in [0, 0.05) is 10.9 Å². The molecule has 0 fully saturated rings. The molecule has 0 unspecified atom stereocenters. The van der Waals surface area contributed by atoms with Gasteiger partial charge in [0.1, 0.15) is 0 Å². The Kier molecular flexibility index (Phi) is 3.94. The van der Waals surface area contributed by atoms with E-state index in [4.69, 9.17) is 4.98 Å². The van der Waals surface area contributed by atoms with Gasteiger partial charge in [0.05, 0.1) is 5.69 Å². The summed E-state index contributed by atoms with van der Waals surface area (Å²) in [7, 11) is 2.10. The summed E-state index contributed by atoms with van der Waals surface area (Å²) < 4.78 is 0. The fourth-order valence-corrected chi connectivity index (χ4v) is 4.10. The lowest BCUT2D eigenvalue weighted by molar-refractivity contribution is 0.411. The number of fused-ring (bicyclic) bond motifs is 2. The Morgan fingerprint density at radius 2 is 1.76 bits per heavy atom. The molecule has 0 N–H and O–H groups in total. The first-order valence-corrected chi connectivity index (χ1v) is 9.41. The molecule has 2 heteroatoms. The van der Waals surface area contributed by atoms with Crippen LogP contribution < -0.4 is 5.59 Å². The fraction of sp³-hybridized carbons (Fsp3) is 0.348. The number of nitrogens with zero attached hydrogens (tertiary/aromatic N) is 1. The second-order valence-corrected chi connectivity index (χ2v) is 8.74. The molecule has 3 aromatic rings. The summed E-state index contributed by atoms with van der Waals surface area (Å²) in [6.07, 6.45) is 4.83. The molecule has 1 aliphatic carbocycles. The van der Waals surface area contributed by atoms with Gasteiger partial charge in [-0.15, -0.1) is 0 Å². The van der Waals surface area contributed by atoms with Crippen LogP contribution in [-0.4, -0.2) is 12.8 Å². The van der Waals surface area contributed by atoms with Gasteiger partial charge in [-0.2, -0.15) is 0 Å². The molecular weight excluding hydrogens is 301 g/mol. The van der Waals surface area contributed by atoms with Crippen molar-refractivity contribution in [1.29, 1.82) is 0 Å². The van der Waals surface area contributed by atoms with Gasteiger partial charge in [0.15, 0.2) is 7.85 Å². The van der Waals surface area contributed by atoms with Crippen LogP contribution >= 0.6 is 0 Å². The van der Waals surface area contributed by atoms with Crippen molar-refractivity contribution in [2.24, 2.45) is 5.41 Å². The van der Waals surface area contributed by atoms with E-state index in [9.17, 15) is 0 Å². The Bertz CT molecular complexity index is 950. The molecule has 0 spiro atoms. The quantitative estimate of drug-likeness (QED) is 0.642. The predicted molar refractivity (Wildman–Crippen MR) is 111 cm³/mol. The summed E-state index contributed by atoms with van der Waals surface area (Å²) >= 11 is 0. The number of aryl methyl sites for hydroxylation is 2. The van der Waals surface area contributed by atoms with Crippen molar-refractivity contribution in [1.82, 2.24) is 4.98 Å². The molecule has 0 amide bonds. The van der Waals surface area contributed by atoms with Gasteiger partial charge >= 0.3 is 0 Å². The minimum Gasteiger partial charge on any atom is -0.263 e. The van der Waals surface area contributed by atoms with E-state index in [0.717, 1.165) is 17.7 Å². The SMILES string of the molecule is Bc1cc2cc(CC(C)(C)C)ccc2c(-c2ccc3c(c2)CCC3)n1. The summed E-state index contributed by atoms with van der Waals surface area (Å²) in [4.78, 5) is 4.90. The van der Waals surface area contributed by atoms with Crippen LogP contribution in [-0.2, 0) is 19.3 Å². The number of benzene rings is 2. The number of pyridine rings is 1. The molecule has 0 saturated heterocycles.